The lowest BCUT2D eigenvalue weighted by atomic mass is 9.92. The Balaban J connectivity index is 2.05. The molecule has 0 aliphatic heterocycles. The molecule has 0 N–H and O–H groups in total. The highest BCUT2D eigenvalue weighted by molar-refractivity contribution is 6.37. The first-order valence-corrected chi connectivity index (χ1v) is 8.36. The van der Waals surface area contributed by atoms with Gasteiger partial charge in [0, 0.05) is 28.3 Å². The molecule has 0 fully saturated rings. The Morgan fingerprint density at radius 1 is 0.800 bits per heavy atom. The van der Waals surface area contributed by atoms with Crippen molar-refractivity contribution in [2.45, 2.75) is 0 Å². The van der Waals surface area contributed by atoms with Crippen LogP contribution in [-0.4, -0.2) is 10.8 Å². The summed E-state index contributed by atoms with van der Waals surface area (Å²) < 4.78 is 0. The highest BCUT2D eigenvalue weighted by Gasteiger charge is 2.19. The zero-order chi connectivity index (χ0) is 17.2. The molecule has 0 aliphatic rings. The van der Waals surface area contributed by atoms with E-state index in [2.05, 4.69) is 4.98 Å². The fraction of sp³-hybridized carbons (Fsp3) is 0. The van der Waals surface area contributed by atoms with Crippen molar-refractivity contribution in [3.8, 4) is 11.1 Å². The van der Waals surface area contributed by atoms with Crippen LogP contribution in [0, 0.1) is 0 Å². The number of benzene rings is 3. The minimum Gasteiger partial charge on any atom is -0.289 e. The van der Waals surface area contributed by atoms with Crippen molar-refractivity contribution in [1.29, 1.82) is 0 Å². The Morgan fingerprint density at radius 3 is 2.20 bits per heavy atom. The molecule has 4 aromatic rings. The van der Waals surface area contributed by atoms with Gasteiger partial charge in [-0.2, -0.15) is 0 Å². The van der Waals surface area contributed by atoms with Crippen LogP contribution in [0.3, 0.4) is 0 Å². The van der Waals surface area contributed by atoms with Gasteiger partial charge in [-0.05, 0) is 17.7 Å². The maximum atomic E-state index is 13.1. The van der Waals surface area contributed by atoms with Crippen molar-refractivity contribution < 1.29 is 4.79 Å². The number of hydrogen-bond donors (Lipinski definition) is 0. The van der Waals surface area contributed by atoms with Gasteiger partial charge in [0.05, 0.1) is 10.5 Å². The van der Waals surface area contributed by atoms with Gasteiger partial charge in [-0.15, -0.1) is 0 Å². The third-order valence-corrected chi connectivity index (χ3v) is 4.50. The van der Waals surface area contributed by atoms with Crippen LogP contribution < -0.4 is 0 Å². The first-order chi connectivity index (χ1) is 12.3. The fourth-order valence-electron chi connectivity index (χ4n) is 3.02. The van der Waals surface area contributed by atoms with Crippen LogP contribution in [0.2, 0.25) is 5.02 Å². The molecule has 1 heterocycles. The first kappa shape index (κ1) is 15.6. The Bertz CT molecular complexity index is 1060. The molecule has 3 aromatic carbocycles. The van der Waals surface area contributed by atoms with E-state index in [0.717, 1.165) is 22.0 Å². The summed E-state index contributed by atoms with van der Waals surface area (Å²) >= 11 is 6.48. The van der Waals surface area contributed by atoms with Crippen LogP contribution in [0.4, 0.5) is 0 Å². The quantitative estimate of drug-likeness (QED) is 0.441. The van der Waals surface area contributed by atoms with Gasteiger partial charge in [0.15, 0.2) is 5.78 Å². The van der Waals surface area contributed by atoms with Crippen LogP contribution in [0.25, 0.3) is 22.0 Å². The molecule has 0 aliphatic carbocycles. The summed E-state index contributed by atoms with van der Waals surface area (Å²) in [6.45, 7) is 0. The van der Waals surface area contributed by atoms with Crippen LogP contribution in [0.1, 0.15) is 15.9 Å². The van der Waals surface area contributed by atoms with Crippen molar-refractivity contribution in [2.24, 2.45) is 0 Å². The summed E-state index contributed by atoms with van der Waals surface area (Å²) in [6.07, 6.45) is 1.65. The van der Waals surface area contributed by atoms with Gasteiger partial charge in [-0.1, -0.05) is 78.3 Å². The van der Waals surface area contributed by atoms with Crippen molar-refractivity contribution in [3.63, 3.8) is 0 Å². The number of aromatic nitrogens is 1. The topological polar surface area (TPSA) is 30.0 Å². The molecule has 0 saturated carbocycles. The van der Waals surface area contributed by atoms with Crippen LogP contribution in [0.5, 0.6) is 0 Å². The molecule has 3 heteroatoms. The largest absolute Gasteiger partial charge is 0.289 e. The van der Waals surface area contributed by atoms with E-state index in [1.54, 1.807) is 6.20 Å². The molecule has 2 nitrogen and oxygen atoms in total. The van der Waals surface area contributed by atoms with Gasteiger partial charge in [0.2, 0.25) is 0 Å². The predicted octanol–water partition coefficient (Wildman–Crippen LogP) is 5.79. The molecule has 0 unspecified atom stereocenters. The average Bonchev–Trinajstić information content (AvgIpc) is 2.68. The van der Waals surface area contributed by atoms with Crippen molar-refractivity contribution in [3.05, 3.63) is 101 Å². The standard InChI is InChI=1S/C22H14ClNO/c23-18-12-7-13-19-21(18)20(15-8-3-1-4-9-15)17(14-24-19)22(25)16-10-5-2-6-11-16/h1-14H. The van der Waals surface area contributed by atoms with Gasteiger partial charge < -0.3 is 0 Å². The number of nitrogens with zero attached hydrogens (tertiary/aromatic N) is 1. The van der Waals surface area contributed by atoms with E-state index in [1.807, 2.05) is 78.9 Å². The van der Waals surface area contributed by atoms with E-state index in [9.17, 15) is 4.79 Å². The second kappa shape index (κ2) is 6.50. The maximum Gasteiger partial charge on any atom is 0.195 e. The van der Waals surface area contributed by atoms with Gasteiger partial charge in [0.1, 0.15) is 0 Å². The summed E-state index contributed by atoms with van der Waals surface area (Å²) in [6, 6.07) is 24.7. The number of fused-ring (bicyclic) bond motifs is 1. The van der Waals surface area contributed by atoms with E-state index in [1.165, 1.54) is 0 Å². The molecule has 1 aromatic heterocycles. The second-order valence-electron chi connectivity index (χ2n) is 5.74. The van der Waals surface area contributed by atoms with Crippen molar-refractivity contribution >= 4 is 28.3 Å². The number of rotatable bonds is 3. The van der Waals surface area contributed by atoms with E-state index in [4.69, 9.17) is 11.6 Å². The van der Waals surface area contributed by atoms with Gasteiger partial charge in [0.25, 0.3) is 0 Å². The summed E-state index contributed by atoms with van der Waals surface area (Å²) in [5.41, 5.74) is 3.73. The summed E-state index contributed by atoms with van der Waals surface area (Å²) in [5, 5.41) is 1.39. The van der Waals surface area contributed by atoms with Crippen LogP contribution in [-0.2, 0) is 0 Å². The molecule has 0 spiro atoms. The zero-order valence-corrected chi connectivity index (χ0v) is 14.1. The zero-order valence-electron chi connectivity index (χ0n) is 13.3. The molecular weight excluding hydrogens is 330 g/mol. The van der Waals surface area contributed by atoms with Gasteiger partial charge in [-0.25, -0.2) is 0 Å². The van der Waals surface area contributed by atoms with Gasteiger partial charge in [-0.3, -0.25) is 9.78 Å². The number of carbonyl (C=O) groups excluding carboxylic acids is 1. The molecule has 25 heavy (non-hydrogen) atoms. The van der Waals surface area contributed by atoms with E-state index in [0.29, 0.717) is 16.1 Å². The smallest absolute Gasteiger partial charge is 0.195 e. The van der Waals surface area contributed by atoms with E-state index in [-0.39, 0.29) is 5.78 Å². The number of halogens is 1. The SMILES string of the molecule is O=C(c1ccccc1)c1cnc2cccc(Cl)c2c1-c1ccccc1. The molecule has 0 amide bonds. The molecule has 0 atom stereocenters. The monoisotopic (exact) mass is 343 g/mol. The number of pyridine rings is 1. The Morgan fingerprint density at radius 2 is 1.48 bits per heavy atom. The highest BCUT2D eigenvalue weighted by Crippen LogP contribution is 2.36. The number of hydrogen-bond acceptors (Lipinski definition) is 2. The normalized spacial score (nSPS) is 10.8. The molecule has 0 radical (unpaired) electrons. The molecule has 0 bridgehead atoms. The van der Waals surface area contributed by atoms with Gasteiger partial charge >= 0.3 is 0 Å². The molecule has 4 rings (SSSR count). The minimum absolute atomic E-state index is 0.0613. The lowest BCUT2D eigenvalue weighted by molar-refractivity contribution is 0.103. The Hall–Kier alpha value is -2.97. The first-order valence-electron chi connectivity index (χ1n) is 7.98. The van der Waals surface area contributed by atoms with Crippen molar-refractivity contribution in [1.82, 2.24) is 4.98 Å². The van der Waals surface area contributed by atoms with E-state index >= 15 is 0 Å². The molecule has 120 valence electrons. The third-order valence-electron chi connectivity index (χ3n) is 4.19. The van der Waals surface area contributed by atoms with Crippen molar-refractivity contribution in [2.75, 3.05) is 0 Å². The summed E-state index contributed by atoms with van der Waals surface area (Å²) in [4.78, 5) is 17.6. The number of carbonyl (C=O) groups is 1. The minimum atomic E-state index is -0.0613. The second-order valence-corrected chi connectivity index (χ2v) is 6.15. The summed E-state index contributed by atoms with van der Waals surface area (Å²) in [5.74, 6) is -0.0613. The molecule has 0 saturated heterocycles. The van der Waals surface area contributed by atoms with Crippen LogP contribution in [0.15, 0.2) is 85.1 Å². The maximum absolute atomic E-state index is 13.1. The van der Waals surface area contributed by atoms with E-state index < -0.39 is 0 Å². The Labute approximate surface area is 150 Å². The third kappa shape index (κ3) is 2.81. The number of ketones is 1. The predicted molar refractivity (Wildman–Crippen MR) is 102 cm³/mol. The molecular formula is C22H14ClNO. The average molecular weight is 344 g/mol. The fourth-order valence-corrected chi connectivity index (χ4v) is 3.29. The Kier molecular flexibility index (Phi) is 4.04. The highest BCUT2D eigenvalue weighted by atomic mass is 35.5. The van der Waals surface area contributed by atoms with Crippen LogP contribution >= 0.6 is 11.6 Å². The summed E-state index contributed by atoms with van der Waals surface area (Å²) in [7, 11) is 0. The lowest BCUT2D eigenvalue weighted by Gasteiger charge is -2.13. The lowest BCUT2D eigenvalue weighted by Crippen LogP contribution is -2.05.